The maximum atomic E-state index is 13.0. The number of carbonyl (C=O) groups is 1. The van der Waals surface area contributed by atoms with Crippen molar-refractivity contribution >= 4 is 5.78 Å². The number of rotatable bonds is 4. The second kappa shape index (κ2) is 5.61. The van der Waals surface area contributed by atoms with Crippen molar-refractivity contribution < 1.29 is 4.79 Å². The molecule has 2 aromatic rings. The third kappa shape index (κ3) is 2.51. The Balaban J connectivity index is 1.51. The number of hydrogen-bond acceptors (Lipinski definition) is 2. The number of hydrogen-bond donors (Lipinski definition) is 1. The van der Waals surface area contributed by atoms with E-state index in [2.05, 4.69) is 53.8 Å². The summed E-state index contributed by atoms with van der Waals surface area (Å²) < 4.78 is 0. The molecule has 1 N–H and O–H groups in total. The van der Waals surface area contributed by atoms with Crippen molar-refractivity contribution in [3.05, 3.63) is 71.8 Å². The van der Waals surface area contributed by atoms with Crippen LogP contribution in [0.4, 0.5) is 0 Å². The summed E-state index contributed by atoms with van der Waals surface area (Å²) in [4.78, 5) is 13.0. The van der Waals surface area contributed by atoms with Gasteiger partial charge in [-0.25, -0.2) is 0 Å². The van der Waals surface area contributed by atoms with E-state index in [4.69, 9.17) is 0 Å². The molecule has 0 atom stereocenters. The molecular formula is C21H23NO. The molecule has 0 amide bonds. The van der Waals surface area contributed by atoms with Gasteiger partial charge in [-0.15, -0.1) is 0 Å². The molecule has 0 radical (unpaired) electrons. The number of ketones is 1. The first-order chi connectivity index (χ1) is 11.2. The van der Waals surface area contributed by atoms with E-state index in [-0.39, 0.29) is 11.0 Å². The summed E-state index contributed by atoms with van der Waals surface area (Å²) in [5.74, 6) is 0.432. The number of benzene rings is 2. The Morgan fingerprint density at radius 1 is 0.826 bits per heavy atom. The van der Waals surface area contributed by atoms with Crippen molar-refractivity contribution in [3.63, 3.8) is 0 Å². The average Bonchev–Trinajstić information content (AvgIpc) is 2.63. The standard InChI is InChI=1S/C21H23NO/c23-19-15-20(22-16-17-7-3-1-4-8-17)11-13-21(19,14-12-20)18-9-5-2-6-10-18/h1-10,22H,11-16H2. The van der Waals surface area contributed by atoms with Crippen LogP contribution in [0.3, 0.4) is 0 Å². The molecule has 0 aromatic heterocycles. The minimum Gasteiger partial charge on any atom is -0.307 e. The van der Waals surface area contributed by atoms with E-state index < -0.39 is 0 Å². The minimum atomic E-state index is -0.211. The van der Waals surface area contributed by atoms with E-state index in [9.17, 15) is 4.79 Å². The lowest BCUT2D eigenvalue weighted by atomic mass is 9.54. The highest BCUT2D eigenvalue weighted by molar-refractivity contribution is 5.93. The van der Waals surface area contributed by atoms with Gasteiger partial charge in [-0.2, -0.15) is 0 Å². The van der Waals surface area contributed by atoms with E-state index in [0.29, 0.717) is 12.2 Å². The van der Waals surface area contributed by atoms with E-state index in [1.54, 1.807) is 0 Å². The molecule has 2 aromatic carbocycles. The Hall–Kier alpha value is -1.93. The lowest BCUT2D eigenvalue weighted by Crippen LogP contribution is -2.60. The summed E-state index contributed by atoms with van der Waals surface area (Å²) in [5, 5.41) is 3.72. The van der Waals surface area contributed by atoms with E-state index in [1.807, 2.05) is 12.1 Å². The molecule has 0 heterocycles. The highest BCUT2D eigenvalue weighted by Crippen LogP contribution is 2.51. The predicted octanol–water partition coefficient (Wildman–Crippen LogP) is 4.00. The Kier molecular flexibility index (Phi) is 3.57. The summed E-state index contributed by atoms with van der Waals surface area (Å²) in [6.45, 7) is 0.854. The fourth-order valence-electron chi connectivity index (χ4n) is 4.42. The van der Waals surface area contributed by atoms with Gasteiger partial charge in [0.25, 0.3) is 0 Å². The van der Waals surface area contributed by atoms with Crippen LogP contribution in [0.1, 0.15) is 43.2 Å². The van der Waals surface area contributed by atoms with Crippen LogP contribution in [0.2, 0.25) is 0 Å². The Morgan fingerprint density at radius 2 is 1.43 bits per heavy atom. The predicted molar refractivity (Wildman–Crippen MR) is 92.2 cm³/mol. The molecule has 3 saturated carbocycles. The van der Waals surface area contributed by atoms with Gasteiger partial charge in [0.1, 0.15) is 5.78 Å². The molecule has 3 aliphatic rings. The normalized spacial score (nSPS) is 29.7. The van der Waals surface area contributed by atoms with Gasteiger partial charge in [0.15, 0.2) is 0 Å². The molecule has 0 spiro atoms. The second-order valence-corrected chi connectivity index (χ2v) is 7.17. The number of nitrogens with one attached hydrogen (secondary N) is 1. The third-order valence-corrected chi connectivity index (χ3v) is 5.93. The smallest absolute Gasteiger partial charge is 0.145 e. The second-order valence-electron chi connectivity index (χ2n) is 7.17. The van der Waals surface area contributed by atoms with Crippen LogP contribution >= 0.6 is 0 Å². The molecule has 23 heavy (non-hydrogen) atoms. The molecule has 2 bridgehead atoms. The molecule has 3 fully saturated rings. The highest BCUT2D eigenvalue weighted by atomic mass is 16.1. The molecule has 118 valence electrons. The van der Waals surface area contributed by atoms with Crippen LogP contribution in [-0.2, 0) is 16.8 Å². The van der Waals surface area contributed by atoms with Crippen molar-refractivity contribution in [1.82, 2.24) is 5.32 Å². The summed E-state index contributed by atoms with van der Waals surface area (Å²) in [7, 11) is 0. The van der Waals surface area contributed by atoms with E-state index in [0.717, 1.165) is 32.2 Å². The first kappa shape index (κ1) is 14.6. The Bertz CT molecular complexity index is 684. The molecule has 2 nitrogen and oxygen atoms in total. The molecule has 0 aliphatic heterocycles. The number of Topliss-reactive ketones (excluding diaryl/α,β-unsaturated/α-hetero) is 1. The Morgan fingerprint density at radius 3 is 2.04 bits per heavy atom. The topological polar surface area (TPSA) is 29.1 Å². The number of fused-ring (bicyclic) bond motifs is 3. The highest BCUT2D eigenvalue weighted by Gasteiger charge is 2.54. The van der Waals surface area contributed by atoms with Gasteiger partial charge in [-0.05, 0) is 36.8 Å². The van der Waals surface area contributed by atoms with Gasteiger partial charge in [0, 0.05) is 18.5 Å². The van der Waals surface area contributed by atoms with Gasteiger partial charge in [-0.3, -0.25) is 4.79 Å². The minimum absolute atomic E-state index is 0.0173. The SMILES string of the molecule is O=C1CC2(NCc3ccccc3)CCC1(c1ccccc1)CC2. The first-order valence-corrected chi connectivity index (χ1v) is 8.60. The van der Waals surface area contributed by atoms with Crippen molar-refractivity contribution in [2.24, 2.45) is 0 Å². The maximum absolute atomic E-state index is 13.0. The fourth-order valence-corrected chi connectivity index (χ4v) is 4.42. The molecule has 3 aliphatic carbocycles. The summed E-state index contributed by atoms with van der Waals surface area (Å²) >= 11 is 0. The third-order valence-electron chi connectivity index (χ3n) is 5.93. The molecule has 5 rings (SSSR count). The van der Waals surface area contributed by atoms with E-state index in [1.165, 1.54) is 11.1 Å². The number of carbonyl (C=O) groups excluding carboxylic acids is 1. The van der Waals surface area contributed by atoms with Crippen LogP contribution in [0, 0.1) is 0 Å². The van der Waals surface area contributed by atoms with Gasteiger partial charge in [0.2, 0.25) is 0 Å². The van der Waals surface area contributed by atoms with Crippen molar-refractivity contribution in [2.45, 2.75) is 49.6 Å². The van der Waals surface area contributed by atoms with Crippen molar-refractivity contribution in [1.29, 1.82) is 0 Å². The summed E-state index contributed by atoms with van der Waals surface area (Å²) in [6.07, 6.45) is 4.84. The zero-order valence-corrected chi connectivity index (χ0v) is 13.4. The van der Waals surface area contributed by atoms with Crippen molar-refractivity contribution in [3.8, 4) is 0 Å². The lowest BCUT2D eigenvalue weighted by Gasteiger charge is -2.53. The van der Waals surface area contributed by atoms with Gasteiger partial charge < -0.3 is 5.32 Å². The summed E-state index contributed by atoms with van der Waals surface area (Å²) in [6, 6.07) is 20.9. The first-order valence-electron chi connectivity index (χ1n) is 8.60. The van der Waals surface area contributed by atoms with Crippen LogP contribution in [0.5, 0.6) is 0 Å². The molecule has 2 heteroatoms. The maximum Gasteiger partial charge on any atom is 0.145 e. The van der Waals surface area contributed by atoms with Gasteiger partial charge in [0.05, 0.1) is 5.41 Å². The Labute approximate surface area is 137 Å². The van der Waals surface area contributed by atoms with Gasteiger partial charge in [-0.1, -0.05) is 60.7 Å². The lowest BCUT2D eigenvalue weighted by molar-refractivity contribution is -0.133. The average molecular weight is 305 g/mol. The van der Waals surface area contributed by atoms with Gasteiger partial charge >= 0.3 is 0 Å². The van der Waals surface area contributed by atoms with Crippen LogP contribution in [-0.4, -0.2) is 11.3 Å². The van der Waals surface area contributed by atoms with Crippen LogP contribution in [0.25, 0.3) is 0 Å². The largest absolute Gasteiger partial charge is 0.307 e. The summed E-state index contributed by atoms with van der Waals surface area (Å²) in [5.41, 5.74) is 2.32. The van der Waals surface area contributed by atoms with Crippen LogP contribution < -0.4 is 5.32 Å². The van der Waals surface area contributed by atoms with E-state index >= 15 is 0 Å². The molecule has 0 unspecified atom stereocenters. The quantitative estimate of drug-likeness (QED) is 0.925. The fraction of sp³-hybridized carbons (Fsp3) is 0.381. The molecule has 0 saturated heterocycles. The van der Waals surface area contributed by atoms with Crippen LogP contribution in [0.15, 0.2) is 60.7 Å². The molecular weight excluding hydrogens is 282 g/mol. The zero-order chi connectivity index (χ0) is 15.8. The van der Waals surface area contributed by atoms with Crippen molar-refractivity contribution in [2.75, 3.05) is 0 Å². The monoisotopic (exact) mass is 305 g/mol. The zero-order valence-electron chi connectivity index (χ0n) is 13.4.